The largest absolute Gasteiger partial charge is 0.454 e. The molecule has 3 rings (SSSR count). The Morgan fingerprint density at radius 3 is 2.19 bits per heavy atom. The van der Waals surface area contributed by atoms with Gasteiger partial charge in [0.2, 0.25) is 0 Å². The van der Waals surface area contributed by atoms with E-state index in [0.717, 1.165) is 11.1 Å². The van der Waals surface area contributed by atoms with Crippen LogP contribution in [0.25, 0.3) is 11.1 Å². The van der Waals surface area contributed by atoms with Crippen molar-refractivity contribution in [1.82, 2.24) is 0 Å². The van der Waals surface area contributed by atoms with E-state index in [9.17, 15) is 4.39 Å². The van der Waals surface area contributed by atoms with E-state index in [0.29, 0.717) is 11.5 Å². The molecular weight excluding hydrogens is 265 g/mol. The fourth-order valence-corrected chi connectivity index (χ4v) is 2.14. The third-order valence-corrected chi connectivity index (χ3v) is 3.20. The molecule has 3 aromatic rings. The number of rotatable bonds is 3. The minimum absolute atomic E-state index is 0.0142. The van der Waals surface area contributed by atoms with E-state index in [1.807, 2.05) is 54.6 Å². The van der Waals surface area contributed by atoms with Gasteiger partial charge in [-0.3, -0.25) is 0 Å². The molecule has 0 aliphatic rings. The van der Waals surface area contributed by atoms with Crippen LogP contribution in [0.3, 0.4) is 0 Å². The Morgan fingerprint density at radius 1 is 0.714 bits per heavy atom. The first-order valence-corrected chi connectivity index (χ1v) is 6.62. The fourth-order valence-electron chi connectivity index (χ4n) is 2.14. The third-order valence-electron chi connectivity index (χ3n) is 3.20. The zero-order valence-corrected chi connectivity index (χ0v) is 11.3. The van der Waals surface area contributed by atoms with Crippen molar-refractivity contribution >= 4 is 5.69 Å². The first kappa shape index (κ1) is 13.2. The van der Waals surface area contributed by atoms with E-state index in [1.165, 1.54) is 6.07 Å². The van der Waals surface area contributed by atoms with Gasteiger partial charge in [0.1, 0.15) is 17.3 Å². The summed E-state index contributed by atoms with van der Waals surface area (Å²) in [5, 5.41) is 0. The molecule has 0 saturated heterocycles. The fraction of sp³-hybridized carbons (Fsp3) is 0. The van der Waals surface area contributed by atoms with E-state index in [1.54, 1.807) is 12.1 Å². The highest BCUT2D eigenvalue weighted by molar-refractivity contribution is 5.71. The molecule has 0 unspecified atom stereocenters. The average molecular weight is 279 g/mol. The minimum Gasteiger partial charge on any atom is -0.454 e. The van der Waals surface area contributed by atoms with Gasteiger partial charge in [0, 0.05) is 5.56 Å². The highest BCUT2D eigenvalue weighted by atomic mass is 19.1. The molecule has 104 valence electrons. The van der Waals surface area contributed by atoms with Crippen molar-refractivity contribution < 1.29 is 9.13 Å². The number of nitrogens with two attached hydrogens (primary N) is 1. The predicted octanol–water partition coefficient (Wildman–Crippen LogP) is 4.87. The lowest BCUT2D eigenvalue weighted by Crippen LogP contribution is -1.96. The van der Waals surface area contributed by atoms with Crippen molar-refractivity contribution in [2.75, 3.05) is 5.73 Å². The zero-order valence-electron chi connectivity index (χ0n) is 11.3. The van der Waals surface area contributed by atoms with Gasteiger partial charge in [-0.1, -0.05) is 54.6 Å². The number of hydrogen-bond donors (Lipinski definition) is 1. The summed E-state index contributed by atoms with van der Waals surface area (Å²) < 4.78 is 19.3. The van der Waals surface area contributed by atoms with Crippen LogP contribution in [0.15, 0.2) is 72.8 Å². The van der Waals surface area contributed by atoms with Gasteiger partial charge in [-0.2, -0.15) is 0 Å². The highest BCUT2D eigenvalue weighted by Gasteiger charge is 2.10. The third kappa shape index (κ3) is 2.72. The van der Waals surface area contributed by atoms with Crippen molar-refractivity contribution in [3.63, 3.8) is 0 Å². The number of ether oxygens (including phenoxy) is 1. The molecule has 0 amide bonds. The van der Waals surface area contributed by atoms with Gasteiger partial charge in [-0.05, 0) is 23.8 Å². The molecule has 21 heavy (non-hydrogen) atoms. The van der Waals surface area contributed by atoms with Gasteiger partial charge < -0.3 is 10.5 Å². The van der Waals surface area contributed by atoms with Gasteiger partial charge in [-0.25, -0.2) is 4.39 Å². The molecule has 0 atom stereocenters. The van der Waals surface area contributed by atoms with E-state index >= 15 is 0 Å². The van der Waals surface area contributed by atoms with E-state index < -0.39 is 5.82 Å². The Kier molecular flexibility index (Phi) is 3.56. The van der Waals surface area contributed by atoms with Crippen LogP contribution >= 0.6 is 0 Å². The quantitative estimate of drug-likeness (QED) is 0.694. The lowest BCUT2D eigenvalue weighted by Gasteiger charge is -2.13. The van der Waals surface area contributed by atoms with E-state index in [4.69, 9.17) is 10.5 Å². The summed E-state index contributed by atoms with van der Waals surface area (Å²) in [5.41, 5.74) is 7.70. The number of halogens is 1. The molecule has 0 heterocycles. The van der Waals surface area contributed by atoms with Crippen LogP contribution in [0.1, 0.15) is 0 Å². The first-order valence-electron chi connectivity index (χ1n) is 6.62. The van der Waals surface area contributed by atoms with Gasteiger partial charge in [0.15, 0.2) is 5.75 Å². The Bertz CT molecular complexity index is 756. The average Bonchev–Trinajstić information content (AvgIpc) is 2.53. The van der Waals surface area contributed by atoms with Crippen molar-refractivity contribution in [3.05, 3.63) is 78.6 Å². The molecule has 0 aromatic heterocycles. The molecule has 2 N–H and O–H groups in total. The Hall–Kier alpha value is -2.81. The Balaban J connectivity index is 2.02. The summed E-state index contributed by atoms with van der Waals surface area (Å²) in [4.78, 5) is 0. The maximum absolute atomic E-state index is 13.5. The lowest BCUT2D eigenvalue weighted by molar-refractivity contribution is 0.482. The van der Waals surface area contributed by atoms with Gasteiger partial charge >= 0.3 is 0 Å². The Morgan fingerprint density at radius 2 is 1.38 bits per heavy atom. The second kappa shape index (κ2) is 5.67. The molecule has 3 heteroatoms. The van der Waals surface area contributed by atoms with Gasteiger partial charge in [0.05, 0.1) is 0 Å². The number of nitrogen functional groups attached to an aromatic ring is 1. The maximum Gasteiger partial charge on any atom is 0.153 e. The number of benzene rings is 3. The van der Waals surface area contributed by atoms with Crippen LogP contribution in [-0.2, 0) is 0 Å². The van der Waals surface area contributed by atoms with Crippen LogP contribution < -0.4 is 10.5 Å². The molecule has 3 aromatic carbocycles. The van der Waals surface area contributed by atoms with Crippen molar-refractivity contribution in [3.8, 4) is 22.6 Å². The lowest BCUT2D eigenvalue weighted by atomic mass is 10.0. The summed E-state index contributed by atoms with van der Waals surface area (Å²) in [5.74, 6) is 0.476. The SMILES string of the molecule is Nc1c(F)cccc1Oc1ccccc1-c1ccccc1. The molecule has 0 bridgehead atoms. The first-order chi connectivity index (χ1) is 10.3. The van der Waals surface area contributed by atoms with Crippen molar-refractivity contribution in [2.45, 2.75) is 0 Å². The maximum atomic E-state index is 13.5. The summed E-state index contributed by atoms with van der Waals surface area (Å²) in [6.45, 7) is 0. The number of para-hydroxylation sites is 2. The van der Waals surface area contributed by atoms with Crippen LogP contribution in [0, 0.1) is 5.82 Å². The van der Waals surface area contributed by atoms with Crippen molar-refractivity contribution in [1.29, 1.82) is 0 Å². The summed E-state index contributed by atoms with van der Waals surface area (Å²) >= 11 is 0. The van der Waals surface area contributed by atoms with Crippen LogP contribution in [0.4, 0.5) is 10.1 Å². The van der Waals surface area contributed by atoms with E-state index in [2.05, 4.69) is 0 Å². The summed E-state index contributed by atoms with van der Waals surface area (Å²) in [7, 11) is 0. The summed E-state index contributed by atoms with van der Waals surface area (Å²) in [6, 6.07) is 22.0. The zero-order chi connectivity index (χ0) is 14.7. The van der Waals surface area contributed by atoms with Crippen LogP contribution in [0.2, 0.25) is 0 Å². The molecule has 2 nitrogen and oxygen atoms in total. The normalized spacial score (nSPS) is 10.3. The molecule has 0 fully saturated rings. The molecular formula is C18H14FNO. The van der Waals surface area contributed by atoms with Gasteiger partial charge in [-0.15, -0.1) is 0 Å². The smallest absolute Gasteiger partial charge is 0.153 e. The highest BCUT2D eigenvalue weighted by Crippen LogP contribution is 2.35. The van der Waals surface area contributed by atoms with Gasteiger partial charge in [0.25, 0.3) is 0 Å². The molecule has 0 radical (unpaired) electrons. The van der Waals surface area contributed by atoms with E-state index in [-0.39, 0.29) is 5.69 Å². The monoisotopic (exact) mass is 279 g/mol. The van der Waals surface area contributed by atoms with Crippen LogP contribution in [-0.4, -0.2) is 0 Å². The summed E-state index contributed by atoms with van der Waals surface area (Å²) in [6.07, 6.45) is 0. The second-order valence-electron chi connectivity index (χ2n) is 4.62. The standard InChI is InChI=1S/C18H14FNO/c19-15-10-6-12-17(18(15)20)21-16-11-5-4-9-14(16)13-7-2-1-3-8-13/h1-12H,20H2. The topological polar surface area (TPSA) is 35.2 Å². The molecule has 0 saturated carbocycles. The minimum atomic E-state index is -0.482. The molecule has 0 aliphatic heterocycles. The molecule has 0 spiro atoms. The van der Waals surface area contributed by atoms with Crippen molar-refractivity contribution in [2.24, 2.45) is 0 Å². The number of hydrogen-bond acceptors (Lipinski definition) is 2. The molecule has 0 aliphatic carbocycles. The second-order valence-corrected chi connectivity index (χ2v) is 4.62. The van der Waals surface area contributed by atoms with Crippen LogP contribution in [0.5, 0.6) is 11.5 Å². The predicted molar refractivity (Wildman–Crippen MR) is 82.8 cm³/mol. The number of anilines is 1. The Labute approximate surface area is 122 Å².